The van der Waals surface area contributed by atoms with E-state index in [0.717, 1.165) is 18.9 Å². The molecule has 0 saturated heterocycles. The van der Waals surface area contributed by atoms with E-state index in [0.29, 0.717) is 12.8 Å². The molecule has 0 bridgehead atoms. The highest BCUT2D eigenvalue weighted by atomic mass is 28.4. The molecule has 5 rings (SSSR count). The molecule has 1 aromatic carbocycles. The summed E-state index contributed by atoms with van der Waals surface area (Å²) in [5.74, 6) is -3.71. The van der Waals surface area contributed by atoms with Crippen molar-refractivity contribution < 1.29 is 46.3 Å². The molecule has 2 N–H and O–H groups in total. The average molecular weight is 719 g/mol. The number of carbonyl (C=O) groups is 2. The second-order valence-corrected chi connectivity index (χ2v) is 19.8. The number of aliphatic hydroxyl groups is 1. The molecule has 4 atom stereocenters. The van der Waals surface area contributed by atoms with Crippen LogP contribution in [0.25, 0.3) is 5.76 Å². The summed E-state index contributed by atoms with van der Waals surface area (Å²) in [5, 5.41) is 19.0. The van der Waals surface area contributed by atoms with E-state index in [1.54, 1.807) is 6.08 Å². The van der Waals surface area contributed by atoms with Crippen molar-refractivity contribution in [2.24, 2.45) is 11.8 Å². The fourth-order valence-electron chi connectivity index (χ4n) is 7.12. The Morgan fingerprint density at radius 2 is 1.74 bits per heavy atom. The Bertz CT molecular complexity index is 1680. The molecule has 0 amide bonds. The number of alkyl halides is 3. The van der Waals surface area contributed by atoms with Gasteiger partial charge in [-0.1, -0.05) is 53.5 Å². The maximum absolute atomic E-state index is 15.4. The zero-order valence-corrected chi connectivity index (χ0v) is 31.0. The number of ether oxygens (including phenoxy) is 2. The van der Waals surface area contributed by atoms with Crippen LogP contribution in [0.2, 0.25) is 18.1 Å². The van der Waals surface area contributed by atoms with Crippen molar-refractivity contribution in [3.05, 3.63) is 58.4 Å². The fraction of sp³-hybridized carbons (Fsp3) is 0.595. The molecule has 50 heavy (non-hydrogen) atoms. The van der Waals surface area contributed by atoms with Gasteiger partial charge in [-0.3, -0.25) is 9.59 Å². The summed E-state index contributed by atoms with van der Waals surface area (Å²) >= 11 is 0. The van der Waals surface area contributed by atoms with E-state index in [1.807, 2.05) is 47.7 Å². The minimum atomic E-state index is -4.73. The number of carbonyl (C=O) groups excluding carboxylic acids is 2. The maximum Gasteiger partial charge on any atom is 0.416 e. The van der Waals surface area contributed by atoms with Gasteiger partial charge in [0.25, 0.3) is 5.88 Å². The fourth-order valence-corrected chi connectivity index (χ4v) is 8.57. The van der Waals surface area contributed by atoms with Crippen LogP contribution in [-0.2, 0) is 21.8 Å². The molecule has 1 aromatic heterocycles. The number of benzene rings is 1. The van der Waals surface area contributed by atoms with Gasteiger partial charge in [0.15, 0.2) is 19.7 Å². The van der Waals surface area contributed by atoms with Crippen molar-refractivity contribution in [2.45, 2.75) is 109 Å². The molecule has 1 fully saturated rings. The van der Waals surface area contributed by atoms with Gasteiger partial charge in [-0.15, -0.1) is 6.58 Å². The van der Waals surface area contributed by atoms with E-state index in [9.17, 15) is 18.3 Å². The summed E-state index contributed by atoms with van der Waals surface area (Å²) in [6.45, 7) is 18.3. The van der Waals surface area contributed by atoms with Crippen LogP contribution in [0.4, 0.5) is 13.2 Å². The lowest BCUT2D eigenvalue weighted by Gasteiger charge is -2.54. The lowest BCUT2D eigenvalue weighted by atomic mass is 9.57. The highest BCUT2D eigenvalue weighted by Gasteiger charge is 2.68. The summed E-state index contributed by atoms with van der Waals surface area (Å²) in [5.41, 5.74) is -3.52. The molecule has 13 heteroatoms. The minimum absolute atomic E-state index is 0.0105. The summed E-state index contributed by atoms with van der Waals surface area (Å²) in [4.78, 5) is 30.5. The third kappa shape index (κ3) is 6.34. The van der Waals surface area contributed by atoms with Crippen molar-refractivity contribution in [1.29, 1.82) is 0 Å². The molecule has 0 radical (unpaired) electrons. The van der Waals surface area contributed by atoms with E-state index in [4.69, 9.17) is 18.4 Å². The van der Waals surface area contributed by atoms with Gasteiger partial charge in [0.05, 0.1) is 30.4 Å². The molecule has 3 aliphatic rings. The number of unbranched alkanes of at least 4 members (excludes halogenated alkanes) is 2. The number of halogens is 3. The SMILES string of the molecule is C=CCN[C@@H]1c2onc(OCCCC)c2C(=O)[C@@]2(O[Si](C)(C)C(C)(C)C)C(=O)C3=C(O)c4c(OCCCC)ccc(C(F)(F)F)c4C[C@H]3C[C@@H]12. The Labute approximate surface area is 292 Å². The number of nitrogens with zero attached hydrogens (tertiary/aromatic N) is 1. The molecule has 1 saturated carbocycles. The van der Waals surface area contributed by atoms with Gasteiger partial charge >= 0.3 is 6.18 Å². The quantitative estimate of drug-likeness (QED) is 0.0909. The number of Topliss-reactive ketones (excluding diaryl/α,β-unsaturated/α-hetero) is 2. The number of aromatic nitrogens is 1. The Kier molecular flexibility index (Phi) is 10.6. The standard InChI is InChI=1S/C37H49F3N2O7Si/c1-9-12-17-46-25-15-14-23(37(38,39)40)22-19-21-20-24-29(41-16-11-3)31-28(34(42-48-31)47-18-13-10-2)33(45)36(24,49-50(7,8)35(4,5)6)32(44)26(21)30(43)27(22)25/h11,14-15,21,24,29,41,43H,3,9-10,12-13,16-20H2,1-2,4-8H3/t21-,24-,29-,36-/m0/s1. The zero-order valence-electron chi connectivity index (χ0n) is 30.0. The van der Waals surface area contributed by atoms with E-state index < -0.39 is 65.9 Å². The van der Waals surface area contributed by atoms with Crippen molar-refractivity contribution in [1.82, 2.24) is 10.5 Å². The third-order valence-electron chi connectivity index (χ3n) is 10.7. The number of aliphatic hydroxyl groups excluding tert-OH is 1. The molecule has 0 unspecified atom stereocenters. The van der Waals surface area contributed by atoms with Crippen molar-refractivity contribution in [2.75, 3.05) is 19.8 Å². The monoisotopic (exact) mass is 718 g/mol. The molecule has 3 aliphatic carbocycles. The Balaban J connectivity index is 1.79. The smallest absolute Gasteiger partial charge is 0.416 e. The van der Waals surface area contributed by atoms with E-state index in [1.165, 1.54) is 6.07 Å². The van der Waals surface area contributed by atoms with Crippen LogP contribution in [0.5, 0.6) is 11.6 Å². The summed E-state index contributed by atoms with van der Waals surface area (Å²) in [6, 6.07) is 1.34. The van der Waals surface area contributed by atoms with E-state index in [-0.39, 0.29) is 72.3 Å². The molecule has 1 heterocycles. The Hall–Kier alpha value is -3.42. The average Bonchev–Trinajstić information content (AvgIpc) is 3.45. The molecule has 2 aromatic rings. The molecular formula is C37H49F3N2O7Si. The summed E-state index contributed by atoms with van der Waals surface area (Å²) in [7, 11) is -2.98. The molecule has 0 aliphatic heterocycles. The molecular weight excluding hydrogens is 669 g/mol. The van der Waals surface area contributed by atoms with Crippen molar-refractivity contribution >= 4 is 25.6 Å². The second-order valence-electron chi connectivity index (χ2n) is 15.0. The normalized spacial score (nSPS) is 23.6. The van der Waals surface area contributed by atoms with Gasteiger partial charge in [-0.2, -0.15) is 13.2 Å². The van der Waals surface area contributed by atoms with Gasteiger partial charge in [-0.05, 0) is 72.6 Å². The van der Waals surface area contributed by atoms with Gasteiger partial charge in [0.1, 0.15) is 17.1 Å². The predicted octanol–water partition coefficient (Wildman–Crippen LogP) is 8.56. The van der Waals surface area contributed by atoms with E-state index in [2.05, 4.69) is 17.1 Å². The van der Waals surface area contributed by atoms with Crippen LogP contribution < -0.4 is 14.8 Å². The van der Waals surface area contributed by atoms with Gasteiger partial charge in [0, 0.05) is 18.0 Å². The summed E-state index contributed by atoms with van der Waals surface area (Å²) < 4.78 is 68.1. The highest BCUT2D eigenvalue weighted by Crippen LogP contribution is 2.58. The second kappa shape index (κ2) is 13.9. The highest BCUT2D eigenvalue weighted by molar-refractivity contribution is 6.74. The van der Waals surface area contributed by atoms with Gasteiger partial charge < -0.3 is 28.8 Å². The Morgan fingerprint density at radius 3 is 2.34 bits per heavy atom. The third-order valence-corrected chi connectivity index (χ3v) is 15.2. The number of hydrogen-bond donors (Lipinski definition) is 2. The first-order valence-corrected chi connectivity index (χ1v) is 20.4. The zero-order chi connectivity index (χ0) is 36.8. The van der Waals surface area contributed by atoms with Crippen molar-refractivity contribution in [3.63, 3.8) is 0 Å². The largest absolute Gasteiger partial charge is 0.507 e. The van der Waals surface area contributed by atoms with Crippen LogP contribution in [0.15, 0.2) is 34.9 Å². The van der Waals surface area contributed by atoms with Crippen LogP contribution in [0.3, 0.4) is 0 Å². The van der Waals surface area contributed by atoms with Crippen LogP contribution >= 0.6 is 0 Å². The van der Waals surface area contributed by atoms with E-state index >= 15 is 9.59 Å². The number of rotatable bonds is 13. The topological polar surface area (TPSA) is 120 Å². The lowest BCUT2D eigenvalue weighted by molar-refractivity contribution is -0.139. The Morgan fingerprint density at radius 1 is 1.08 bits per heavy atom. The van der Waals surface area contributed by atoms with Crippen molar-refractivity contribution in [3.8, 4) is 11.6 Å². The first-order valence-electron chi connectivity index (χ1n) is 17.5. The molecule has 0 spiro atoms. The number of nitrogens with one attached hydrogen (secondary N) is 1. The first kappa shape index (κ1) is 37.8. The van der Waals surface area contributed by atoms with Gasteiger partial charge in [-0.25, -0.2) is 0 Å². The number of fused-ring (bicyclic) bond motifs is 4. The van der Waals surface area contributed by atoms with Crippen LogP contribution in [0.1, 0.15) is 106 Å². The van der Waals surface area contributed by atoms with Gasteiger partial charge in [0.2, 0.25) is 11.6 Å². The minimum Gasteiger partial charge on any atom is -0.507 e. The first-order chi connectivity index (χ1) is 23.5. The number of hydrogen-bond acceptors (Lipinski definition) is 9. The predicted molar refractivity (Wildman–Crippen MR) is 185 cm³/mol. The molecule has 9 nitrogen and oxygen atoms in total. The van der Waals surface area contributed by atoms with Crippen LogP contribution in [0, 0.1) is 11.8 Å². The molecule has 274 valence electrons. The lowest BCUT2D eigenvalue weighted by Crippen LogP contribution is -2.68. The summed E-state index contributed by atoms with van der Waals surface area (Å²) in [6.07, 6.45) is -0.349. The maximum atomic E-state index is 15.4. The number of ketones is 2. The van der Waals surface area contributed by atoms with Crippen LogP contribution in [-0.4, -0.2) is 55.5 Å².